The fourth-order valence-corrected chi connectivity index (χ4v) is 3.46. The van der Waals surface area contributed by atoms with Gasteiger partial charge in [-0.3, -0.25) is 0 Å². The maximum Gasteiger partial charge on any atom is 0.238 e. The number of sulfonamides is 1. The average Bonchev–Trinajstić information content (AvgIpc) is 2.95. The van der Waals surface area contributed by atoms with Crippen molar-refractivity contribution in [1.29, 1.82) is 0 Å². The van der Waals surface area contributed by atoms with Crippen molar-refractivity contribution < 1.29 is 8.42 Å². The van der Waals surface area contributed by atoms with Crippen LogP contribution in [0, 0.1) is 6.92 Å². The lowest BCUT2D eigenvalue weighted by atomic mass is 10.1. The summed E-state index contributed by atoms with van der Waals surface area (Å²) < 4.78 is 24.7. The van der Waals surface area contributed by atoms with E-state index in [4.69, 9.17) is 16.7 Å². The zero-order valence-electron chi connectivity index (χ0n) is 14.6. The highest BCUT2D eigenvalue weighted by molar-refractivity contribution is 7.89. The van der Waals surface area contributed by atoms with Gasteiger partial charge in [0.05, 0.1) is 22.0 Å². The summed E-state index contributed by atoms with van der Waals surface area (Å²) in [4.78, 5) is 2.06. The lowest BCUT2D eigenvalue weighted by Crippen LogP contribution is -2.12. The van der Waals surface area contributed by atoms with E-state index >= 15 is 0 Å². The minimum atomic E-state index is -3.74. The Bertz CT molecular complexity index is 1060. The Kier molecular flexibility index (Phi) is 4.79. The number of primary sulfonamides is 1. The molecular weight excluding hydrogens is 372 g/mol. The molecule has 8 heteroatoms. The Hall–Kier alpha value is -2.35. The first-order valence-electron chi connectivity index (χ1n) is 7.84. The Morgan fingerprint density at radius 2 is 1.73 bits per heavy atom. The lowest BCUT2D eigenvalue weighted by Gasteiger charge is -2.18. The monoisotopic (exact) mass is 390 g/mol. The molecule has 0 fully saturated rings. The lowest BCUT2D eigenvalue weighted by molar-refractivity contribution is 0.598. The molecule has 6 nitrogen and oxygen atoms in total. The molecular formula is C18H19ClN4O2S. The molecule has 2 N–H and O–H groups in total. The molecule has 26 heavy (non-hydrogen) atoms. The van der Waals surface area contributed by atoms with Crippen LogP contribution >= 0.6 is 11.6 Å². The number of benzene rings is 2. The summed E-state index contributed by atoms with van der Waals surface area (Å²) in [7, 11) is 0.183. The van der Waals surface area contributed by atoms with Gasteiger partial charge in [-0.05, 0) is 55.5 Å². The maximum atomic E-state index is 11.5. The third kappa shape index (κ3) is 3.60. The highest BCUT2D eigenvalue weighted by atomic mass is 35.5. The number of rotatable bonds is 4. The van der Waals surface area contributed by atoms with Gasteiger partial charge in [0.2, 0.25) is 10.0 Å². The summed E-state index contributed by atoms with van der Waals surface area (Å²) in [6.07, 6.45) is 0. The third-order valence-electron chi connectivity index (χ3n) is 3.96. The smallest absolute Gasteiger partial charge is 0.238 e. The highest BCUT2D eigenvalue weighted by Gasteiger charge is 2.16. The molecule has 0 unspecified atom stereocenters. The van der Waals surface area contributed by atoms with Gasteiger partial charge in [-0.1, -0.05) is 11.6 Å². The van der Waals surface area contributed by atoms with E-state index in [0.717, 1.165) is 28.3 Å². The SMILES string of the molecule is Cc1cc(-c2cc(Cl)ccc2N(C)C)n(-c2ccc(S(N)(=O)=O)cc2)n1. The van der Waals surface area contributed by atoms with E-state index in [9.17, 15) is 8.42 Å². The normalized spacial score (nSPS) is 11.6. The molecule has 3 aromatic rings. The van der Waals surface area contributed by atoms with Crippen molar-refractivity contribution in [3.8, 4) is 16.9 Å². The van der Waals surface area contributed by atoms with Gasteiger partial charge in [-0.25, -0.2) is 18.2 Å². The topological polar surface area (TPSA) is 81.2 Å². The third-order valence-corrected chi connectivity index (χ3v) is 5.12. The predicted octanol–water partition coefficient (Wildman–Crippen LogP) is 3.21. The van der Waals surface area contributed by atoms with Gasteiger partial charge in [0, 0.05) is 30.4 Å². The van der Waals surface area contributed by atoms with E-state index < -0.39 is 10.0 Å². The van der Waals surface area contributed by atoms with E-state index in [1.807, 2.05) is 50.2 Å². The molecule has 0 saturated carbocycles. The van der Waals surface area contributed by atoms with Crippen LogP contribution in [0.3, 0.4) is 0 Å². The number of aromatic nitrogens is 2. The van der Waals surface area contributed by atoms with Crippen molar-refractivity contribution in [1.82, 2.24) is 9.78 Å². The van der Waals surface area contributed by atoms with Gasteiger partial charge >= 0.3 is 0 Å². The van der Waals surface area contributed by atoms with Gasteiger partial charge in [0.15, 0.2) is 0 Å². The van der Waals surface area contributed by atoms with Gasteiger partial charge in [0.1, 0.15) is 0 Å². The molecule has 0 aliphatic rings. The molecule has 0 aliphatic carbocycles. The van der Waals surface area contributed by atoms with Crippen molar-refractivity contribution in [2.45, 2.75) is 11.8 Å². The van der Waals surface area contributed by atoms with E-state index in [-0.39, 0.29) is 4.90 Å². The van der Waals surface area contributed by atoms with Crippen molar-refractivity contribution in [3.05, 3.63) is 59.2 Å². The van der Waals surface area contributed by atoms with E-state index in [2.05, 4.69) is 5.10 Å². The second kappa shape index (κ2) is 6.75. The van der Waals surface area contributed by atoms with E-state index in [0.29, 0.717) is 5.02 Å². The van der Waals surface area contributed by atoms with Crippen molar-refractivity contribution in [2.75, 3.05) is 19.0 Å². The van der Waals surface area contributed by atoms with Crippen LogP contribution in [0.15, 0.2) is 53.4 Å². The van der Waals surface area contributed by atoms with Crippen LogP contribution in [-0.4, -0.2) is 32.3 Å². The maximum absolute atomic E-state index is 11.5. The summed E-state index contributed by atoms with van der Waals surface area (Å²) in [5, 5.41) is 10.3. The number of hydrogen-bond donors (Lipinski definition) is 1. The molecule has 1 aromatic heterocycles. The summed E-state index contributed by atoms with van der Waals surface area (Å²) in [6.45, 7) is 1.90. The Morgan fingerprint density at radius 1 is 1.08 bits per heavy atom. The molecule has 2 aromatic carbocycles. The first kappa shape index (κ1) is 18.4. The van der Waals surface area contributed by atoms with E-state index in [1.54, 1.807) is 16.8 Å². The molecule has 0 bridgehead atoms. The van der Waals surface area contributed by atoms with Crippen molar-refractivity contribution in [2.24, 2.45) is 5.14 Å². The standard InChI is InChI=1S/C18H19ClN4O2S/c1-12-10-18(16-11-13(19)4-9-17(16)22(2)3)23(21-12)14-5-7-15(8-6-14)26(20,24)25/h4-11H,1-3H3,(H2,20,24,25). The van der Waals surface area contributed by atoms with Crippen LogP contribution in [0.1, 0.15) is 5.69 Å². The first-order chi connectivity index (χ1) is 12.2. The van der Waals surface area contributed by atoms with Gasteiger partial charge in [-0.2, -0.15) is 5.10 Å². The second-order valence-corrected chi connectivity index (χ2v) is 8.18. The molecule has 3 rings (SSSR count). The second-order valence-electron chi connectivity index (χ2n) is 6.18. The van der Waals surface area contributed by atoms with Crippen molar-refractivity contribution in [3.63, 3.8) is 0 Å². The van der Waals surface area contributed by atoms with E-state index in [1.165, 1.54) is 12.1 Å². The van der Waals surface area contributed by atoms with Crippen LogP contribution < -0.4 is 10.0 Å². The Labute approximate surface area is 157 Å². The fraction of sp³-hybridized carbons (Fsp3) is 0.167. The molecule has 0 saturated heterocycles. The molecule has 1 heterocycles. The quantitative estimate of drug-likeness (QED) is 0.741. The number of halogens is 1. The zero-order chi connectivity index (χ0) is 19.1. The number of nitrogens with zero attached hydrogens (tertiary/aromatic N) is 3. The minimum Gasteiger partial charge on any atom is -0.377 e. The Morgan fingerprint density at radius 3 is 2.31 bits per heavy atom. The van der Waals surface area contributed by atoms with Crippen molar-refractivity contribution >= 4 is 27.3 Å². The molecule has 136 valence electrons. The molecule has 0 radical (unpaired) electrons. The average molecular weight is 391 g/mol. The fourth-order valence-electron chi connectivity index (χ4n) is 2.77. The van der Waals surface area contributed by atoms with Crippen LogP contribution in [0.25, 0.3) is 16.9 Å². The minimum absolute atomic E-state index is 0.0587. The first-order valence-corrected chi connectivity index (χ1v) is 9.76. The number of aryl methyl sites for hydroxylation is 1. The zero-order valence-corrected chi connectivity index (χ0v) is 16.2. The van der Waals surface area contributed by atoms with Crippen LogP contribution in [-0.2, 0) is 10.0 Å². The van der Waals surface area contributed by atoms with Gasteiger partial charge in [-0.15, -0.1) is 0 Å². The van der Waals surface area contributed by atoms with Crippen LogP contribution in [0.5, 0.6) is 0 Å². The molecule has 0 aliphatic heterocycles. The molecule has 0 spiro atoms. The number of anilines is 1. The number of hydrogen-bond acceptors (Lipinski definition) is 4. The number of nitrogens with two attached hydrogens (primary N) is 1. The largest absolute Gasteiger partial charge is 0.377 e. The van der Waals surface area contributed by atoms with Crippen LogP contribution in [0.4, 0.5) is 5.69 Å². The van der Waals surface area contributed by atoms with Gasteiger partial charge < -0.3 is 4.90 Å². The summed E-state index contributed by atoms with van der Waals surface area (Å²) in [5.41, 5.74) is 4.35. The van der Waals surface area contributed by atoms with Crippen LogP contribution in [0.2, 0.25) is 5.02 Å². The summed E-state index contributed by atoms with van der Waals surface area (Å²) >= 11 is 6.22. The Balaban J connectivity index is 2.18. The molecule has 0 atom stereocenters. The summed E-state index contributed by atoms with van der Waals surface area (Å²) in [6, 6.07) is 13.9. The summed E-state index contributed by atoms with van der Waals surface area (Å²) in [5.74, 6) is 0. The molecule has 0 amide bonds. The predicted molar refractivity (Wildman–Crippen MR) is 104 cm³/mol. The van der Waals surface area contributed by atoms with Gasteiger partial charge in [0.25, 0.3) is 0 Å². The highest BCUT2D eigenvalue weighted by Crippen LogP contribution is 2.34.